The Hall–Kier alpha value is -2.07. The number of methoxy groups -OCH3 is 1. The van der Waals surface area contributed by atoms with E-state index in [4.69, 9.17) is 10.5 Å². The van der Waals surface area contributed by atoms with E-state index in [0.717, 1.165) is 22.1 Å². The topological polar surface area (TPSA) is 64.3 Å². The second-order valence-corrected chi connectivity index (χ2v) is 5.72. The minimum atomic E-state index is -0.887. The third-order valence-corrected chi connectivity index (χ3v) is 3.69. The molecule has 2 aromatic carbocycles. The molecule has 0 bridgehead atoms. The third kappa shape index (κ3) is 3.00. The summed E-state index contributed by atoms with van der Waals surface area (Å²) in [5.41, 5.74) is 5.60. The van der Waals surface area contributed by atoms with Gasteiger partial charge in [-0.2, -0.15) is 0 Å². The summed E-state index contributed by atoms with van der Waals surface area (Å²) >= 11 is 0. The van der Waals surface area contributed by atoms with Crippen LogP contribution in [0, 0.1) is 0 Å². The van der Waals surface area contributed by atoms with Crippen LogP contribution >= 0.6 is 0 Å². The van der Waals surface area contributed by atoms with Crippen molar-refractivity contribution in [1.29, 1.82) is 0 Å². The minimum Gasteiger partial charge on any atom is -0.497 e. The highest BCUT2D eigenvalue weighted by molar-refractivity contribution is 5.90. The molecule has 0 spiro atoms. The first kappa shape index (κ1) is 15.3. The molecule has 0 aliphatic carbocycles. The van der Waals surface area contributed by atoms with Crippen LogP contribution in [0.1, 0.15) is 26.3 Å². The maximum Gasteiger partial charge on any atom is 0.242 e. The largest absolute Gasteiger partial charge is 0.497 e. The molecule has 0 fully saturated rings. The van der Waals surface area contributed by atoms with Crippen molar-refractivity contribution < 1.29 is 9.53 Å². The third-order valence-electron chi connectivity index (χ3n) is 3.69. The van der Waals surface area contributed by atoms with Crippen molar-refractivity contribution in [2.24, 2.45) is 5.73 Å². The van der Waals surface area contributed by atoms with Gasteiger partial charge >= 0.3 is 0 Å². The maximum absolute atomic E-state index is 11.9. The van der Waals surface area contributed by atoms with E-state index in [1.807, 2.05) is 57.2 Å². The molecule has 0 heterocycles. The monoisotopic (exact) mass is 286 g/mol. The molecule has 0 saturated carbocycles. The van der Waals surface area contributed by atoms with Crippen molar-refractivity contribution in [1.82, 2.24) is 5.32 Å². The summed E-state index contributed by atoms with van der Waals surface area (Å²) in [5.74, 6) is 0.428. The average Bonchev–Trinajstić information content (AvgIpc) is 2.45. The molecule has 1 unspecified atom stereocenters. The van der Waals surface area contributed by atoms with E-state index in [0.29, 0.717) is 0 Å². The average molecular weight is 286 g/mol. The number of benzene rings is 2. The molecule has 1 amide bonds. The molecular formula is C17H22N2O2. The van der Waals surface area contributed by atoms with Crippen molar-refractivity contribution in [3.63, 3.8) is 0 Å². The molecule has 21 heavy (non-hydrogen) atoms. The molecule has 0 radical (unpaired) electrons. The molecule has 0 aliphatic heterocycles. The Balaban J connectivity index is 2.52. The summed E-state index contributed by atoms with van der Waals surface area (Å²) in [6, 6.07) is 11.9. The Morgan fingerprint density at radius 2 is 1.81 bits per heavy atom. The van der Waals surface area contributed by atoms with Crippen molar-refractivity contribution in [3.8, 4) is 5.75 Å². The normalized spacial score (nSPS) is 14.1. The number of hydrogen-bond donors (Lipinski definition) is 2. The summed E-state index contributed by atoms with van der Waals surface area (Å²) in [7, 11) is 1.65. The van der Waals surface area contributed by atoms with E-state index in [1.165, 1.54) is 0 Å². The minimum absolute atomic E-state index is 0.147. The molecule has 112 valence electrons. The van der Waals surface area contributed by atoms with Crippen molar-refractivity contribution >= 4 is 16.7 Å². The molecule has 4 nitrogen and oxygen atoms in total. The van der Waals surface area contributed by atoms with Crippen LogP contribution in [-0.2, 0) is 10.3 Å². The number of primary amides is 1. The molecule has 1 atom stereocenters. The molecular weight excluding hydrogens is 264 g/mol. The second kappa shape index (κ2) is 5.74. The SMILES string of the molecule is COc1ccc2cc(C(C)(NC(C)C)C(N)=O)ccc2c1. The van der Waals surface area contributed by atoms with Gasteiger partial charge in [-0.05, 0) is 55.3 Å². The lowest BCUT2D eigenvalue weighted by atomic mass is 9.89. The summed E-state index contributed by atoms with van der Waals surface area (Å²) < 4.78 is 5.22. The van der Waals surface area contributed by atoms with Gasteiger partial charge in [0.15, 0.2) is 0 Å². The van der Waals surface area contributed by atoms with Crippen molar-refractivity contribution in [2.75, 3.05) is 7.11 Å². The van der Waals surface area contributed by atoms with E-state index in [9.17, 15) is 4.79 Å². The second-order valence-electron chi connectivity index (χ2n) is 5.72. The molecule has 2 rings (SSSR count). The molecule has 2 aromatic rings. The highest BCUT2D eigenvalue weighted by atomic mass is 16.5. The number of hydrogen-bond acceptors (Lipinski definition) is 3. The Kier molecular flexibility index (Phi) is 4.19. The fourth-order valence-corrected chi connectivity index (χ4v) is 2.54. The van der Waals surface area contributed by atoms with E-state index < -0.39 is 5.54 Å². The van der Waals surface area contributed by atoms with Gasteiger partial charge in [-0.1, -0.05) is 18.2 Å². The predicted octanol–water partition coefficient (Wildman–Crippen LogP) is 2.55. The van der Waals surface area contributed by atoms with Gasteiger partial charge in [0.1, 0.15) is 11.3 Å². The lowest BCUT2D eigenvalue weighted by Crippen LogP contribution is -2.52. The van der Waals surface area contributed by atoms with Crippen molar-refractivity contribution in [2.45, 2.75) is 32.4 Å². The number of ether oxygens (including phenoxy) is 1. The smallest absolute Gasteiger partial charge is 0.242 e. The Morgan fingerprint density at radius 3 is 2.38 bits per heavy atom. The van der Waals surface area contributed by atoms with Crippen LogP contribution in [0.25, 0.3) is 10.8 Å². The van der Waals surface area contributed by atoms with Gasteiger partial charge < -0.3 is 10.5 Å². The molecule has 3 N–H and O–H groups in total. The first-order valence-corrected chi connectivity index (χ1v) is 7.02. The van der Waals surface area contributed by atoms with Crippen LogP contribution in [0.4, 0.5) is 0 Å². The van der Waals surface area contributed by atoms with Crippen LogP contribution in [0.2, 0.25) is 0 Å². The number of carbonyl (C=O) groups is 1. The molecule has 0 aliphatic rings. The summed E-state index contributed by atoms with van der Waals surface area (Å²) in [5, 5.41) is 5.37. The first-order chi connectivity index (χ1) is 9.86. The van der Waals surface area contributed by atoms with Gasteiger partial charge in [-0.3, -0.25) is 10.1 Å². The number of nitrogens with one attached hydrogen (secondary N) is 1. The summed E-state index contributed by atoms with van der Waals surface area (Å²) in [4.78, 5) is 11.9. The molecule has 4 heteroatoms. The van der Waals surface area contributed by atoms with Gasteiger partial charge in [-0.15, -0.1) is 0 Å². The first-order valence-electron chi connectivity index (χ1n) is 7.02. The van der Waals surface area contributed by atoms with E-state index in [1.54, 1.807) is 7.11 Å². The quantitative estimate of drug-likeness (QED) is 0.888. The fourth-order valence-electron chi connectivity index (χ4n) is 2.54. The number of rotatable bonds is 5. The van der Waals surface area contributed by atoms with E-state index in [2.05, 4.69) is 5.32 Å². The van der Waals surface area contributed by atoms with Crippen LogP contribution in [-0.4, -0.2) is 19.1 Å². The van der Waals surface area contributed by atoms with Gasteiger partial charge in [0.05, 0.1) is 7.11 Å². The Labute approximate surface area is 125 Å². The standard InChI is InChI=1S/C17H22N2O2/c1-11(2)19-17(3,16(18)20)14-7-5-13-10-15(21-4)8-6-12(13)9-14/h5-11,19H,1-4H3,(H2,18,20). The lowest BCUT2D eigenvalue weighted by Gasteiger charge is -2.30. The summed E-state index contributed by atoms with van der Waals surface area (Å²) in [6.45, 7) is 5.81. The van der Waals surface area contributed by atoms with Gasteiger partial charge in [0, 0.05) is 6.04 Å². The van der Waals surface area contributed by atoms with E-state index >= 15 is 0 Å². The number of amides is 1. The van der Waals surface area contributed by atoms with Crippen LogP contribution in [0.15, 0.2) is 36.4 Å². The number of carbonyl (C=O) groups excluding carboxylic acids is 1. The van der Waals surface area contributed by atoms with Crippen LogP contribution < -0.4 is 15.8 Å². The lowest BCUT2D eigenvalue weighted by molar-refractivity contribution is -0.124. The van der Waals surface area contributed by atoms with Crippen molar-refractivity contribution in [3.05, 3.63) is 42.0 Å². The zero-order chi connectivity index (χ0) is 15.6. The Morgan fingerprint density at radius 1 is 1.19 bits per heavy atom. The van der Waals surface area contributed by atoms with Gasteiger partial charge in [-0.25, -0.2) is 0 Å². The number of fused-ring (bicyclic) bond motifs is 1. The van der Waals surface area contributed by atoms with Gasteiger partial charge in [0.2, 0.25) is 5.91 Å². The summed E-state index contributed by atoms with van der Waals surface area (Å²) in [6.07, 6.45) is 0. The van der Waals surface area contributed by atoms with Gasteiger partial charge in [0.25, 0.3) is 0 Å². The molecule has 0 aromatic heterocycles. The highest BCUT2D eigenvalue weighted by Gasteiger charge is 2.33. The van der Waals surface area contributed by atoms with E-state index in [-0.39, 0.29) is 11.9 Å². The maximum atomic E-state index is 11.9. The fraction of sp³-hybridized carbons (Fsp3) is 0.353. The highest BCUT2D eigenvalue weighted by Crippen LogP contribution is 2.27. The zero-order valence-electron chi connectivity index (χ0n) is 12.9. The van der Waals surface area contributed by atoms with Crippen LogP contribution in [0.3, 0.4) is 0 Å². The predicted molar refractivity (Wildman–Crippen MR) is 85.3 cm³/mol. The zero-order valence-corrected chi connectivity index (χ0v) is 12.9. The van der Waals surface area contributed by atoms with Crippen LogP contribution in [0.5, 0.6) is 5.75 Å². The molecule has 0 saturated heterocycles. The Bertz CT molecular complexity index is 667. The number of nitrogens with two attached hydrogens (primary N) is 1.